The van der Waals surface area contributed by atoms with Gasteiger partial charge in [-0.1, -0.05) is 19.1 Å². The van der Waals surface area contributed by atoms with E-state index < -0.39 is 5.91 Å². The van der Waals surface area contributed by atoms with Crippen molar-refractivity contribution in [2.45, 2.75) is 32.9 Å². The third-order valence-electron chi connectivity index (χ3n) is 2.92. The van der Waals surface area contributed by atoms with E-state index in [4.69, 9.17) is 5.73 Å². The summed E-state index contributed by atoms with van der Waals surface area (Å²) in [5.74, 6) is -0.531. The van der Waals surface area contributed by atoms with Crippen LogP contribution in [0.15, 0.2) is 24.3 Å². The maximum Gasteiger partial charge on any atom is 0.248 e. The van der Waals surface area contributed by atoms with Crippen LogP contribution < -0.4 is 16.4 Å². The Morgan fingerprint density at radius 3 is 2.74 bits per heavy atom. The van der Waals surface area contributed by atoms with Gasteiger partial charge < -0.3 is 16.4 Å². The predicted octanol–water partition coefficient (Wildman–Crippen LogP) is 0.790. The van der Waals surface area contributed by atoms with Gasteiger partial charge in [0.1, 0.15) is 0 Å². The lowest BCUT2D eigenvalue weighted by Crippen LogP contribution is -2.37. The van der Waals surface area contributed by atoms with Gasteiger partial charge in [-0.2, -0.15) is 0 Å². The van der Waals surface area contributed by atoms with Gasteiger partial charge in [0.25, 0.3) is 0 Å². The highest BCUT2D eigenvalue weighted by atomic mass is 16.2. The average molecular weight is 263 g/mol. The molecule has 0 bridgehead atoms. The molecule has 19 heavy (non-hydrogen) atoms. The molecule has 4 N–H and O–H groups in total. The molecular formula is C14H21N3O2. The van der Waals surface area contributed by atoms with Gasteiger partial charge >= 0.3 is 0 Å². The van der Waals surface area contributed by atoms with E-state index >= 15 is 0 Å². The second-order valence-corrected chi connectivity index (χ2v) is 4.53. The number of carbonyl (C=O) groups excluding carboxylic acids is 2. The van der Waals surface area contributed by atoms with Gasteiger partial charge in [0.15, 0.2) is 0 Å². The summed E-state index contributed by atoms with van der Waals surface area (Å²) in [6, 6.07) is 7.25. The lowest BCUT2D eigenvalue weighted by molar-refractivity contribution is -0.120. The van der Waals surface area contributed by atoms with Crippen LogP contribution in [0.25, 0.3) is 0 Å². The van der Waals surface area contributed by atoms with E-state index in [1.165, 1.54) is 0 Å². The number of carbonyl (C=O) groups is 2. The Bertz CT molecular complexity index is 446. The van der Waals surface area contributed by atoms with Gasteiger partial charge in [0.05, 0.1) is 6.54 Å². The van der Waals surface area contributed by atoms with Crippen molar-refractivity contribution in [3.8, 4) is 0 Å². The molecule has 0 radical (unpaired) electrons. The lowest BCUT2D eigenvalue weighted by Gasteiger charge is -2.11. The number of hydrogen-bond donors (Lipinski definition) is 3. The first-order valence-electron chi connectivity index (χ1n) is 6.41. The highest BCUT2D eigenvalue weighted by molar-refractivity contribution is 5.92. The van der Waals surface area contributed by atoms with Crippen molar-refractivity contribution in [2.75, 3.05) is 6.54 Å². The van der Waals surface area contributed by atoms with Crippen molar-refractivity contribution in [3.05, 3.63) is 35.4 Å². The number of primary amides is 1. The normalized spacial score (nSPS) is 11.9. The predicted molar refractivity (Wildman–Crippen MR) is 74.6 cm³/mol. The van der Waals surface area contributed by atoms with Gasteiger partial charge in [-0.3, -0.25) is 9.59 Å². The monoisotopic (exact) mass is 263 g/mol. The molecule has 2 amide bonds. The molecule has 0 heterocycles. The molecule has 104 valence electrons. The minimum Gasteiger partial charge on any atom is -0.366 e. The highest BCUT2D eigenvalue weighted by Crippen LogP contribution is 2.04. The van der Waals surface area contributed by atoms with E-state index in [0.29, 0.717) is 24.7 Å². The minimum atomic E-state index is -0.466. The molecule has 5 nitrogen and oxygen atoms in total. The fourth-order valence-corrected chi connectivity index (χ4v) is 1.51. The SMILES string of the molecule is CCC(C)NCC(=O)NCc1cccc(C(N)=O)c1. The van der Waals surface area contributed by atoms with Crippen molar-refractivity contribution in [1.29, 1.82) is 0 Å². The number of nitrogens with two attached hydrogens (primary N) is 1. The van der Waals surface area contributed by atoms with Crippen molar-refractivity contribution >= 4 is 11.8 Å². The zero-order valence-electron chi connectivity index (χ0n) is 11.4. The van der Waals surface area contributed by atoms with E-state index in [1.54, 1.807) is 18.2 Å². The molecule has 1 aromatic carbocycles. The molecule has 0 aromatic heterocycles. The molecule has 1 unspecified atom stereocenters. The van der Waals surface area contributed by atoms with Crippen LogP contribution in [0.4, 0.5) is 0 Å². The van der Waals surface area contributed by atoms with Crippen LogP contribution in [-0.4, -0.2) is 24.4 Å². The summed E-state index contributed by atoms with van der Waals surface area (Å²) in [5, 5.41) is 5.90. The maximum atomic E-state index is 11.6. The first-order valence-corrected chi connectivity index (χ1v) is 6.41. The number of hydrogen-bond acceptors (Lipinski definition) is 3. The second-order valence-electron chi connectivity index (χ2n) is 4.53. The molecule has 0 aliphatic carbocycles. The summed E-state index contributed by atoms with van der Waals surface area (Å²) in [6.07, 6.45) is 0.980. The first-order chi connectivity index (χ1) is 9.02. The van der Waals surface area contributed by atoms with Crippen LogP contribution in [-0.2, 0) is 11.3 Å². The molecule has 0 fully saturated rings. The van der Waals surface area contributed by atoms with E-state index in [9.17, 15) is 9.59 Å². The molecule has 0 aliphatic heterocycles. The van der Waals surface area contributed by atoms with Crippen LogP contribution in [0, 0.1) is 0 Å². The summed E-state index contributed by atoms with van der Waals surface area (Å²) in [4.78, 5) is 22.6. The molecule has 1 rings (SSSR count). The summed E-state index contributed by atoms with van der Waals surface area (Å²) in [5.41, 5.74) is 6.50. The zero-order valence-corrected chi connectivity index (χ0v) is 11.4. The molecule has 0 spiro atoms. The van der Waals surface area contributed by atoms with E-state index in [0.717, 1.165) is 12.0 Å². The standard InChI is InChI=1S/C14H21N3O2/c1-3-10(2)16-9-13(18)17-8-11-5-4-6-12(7-11)14(15)19/h4-7,10,16H,3,8-9H2,1-2H3,(H2,15,19)(H,17,18). The van der Waals surface area contributed by atoms with Crippen LogP contribution in [0.5, 0.6) is 0 Å². The van der Waals surface area contributed by atoms with E-state index in [2.05, 4.69) is 17.6 Å². The van der Waals surface area contributed by atoms with Crippen LogP contribution in [0.1, 0.15) is 36.2 Å². The lowest BCUT2D eigenvalue weighted by atomic mass is 10.1. The number of nitrogens with one attached hydrogen (secondary N) is 2. The average Bonchev–Trinajstić information content (AvgIpc) is 2.42. The molecule has 5 heteroatoms. The topological polar surface area (TPSA) is 84.2 Å². The van der Waals surface area contributed by atoms with Gasteiger partial charge in [0, 0.05) is 18.2 Å². The fourth-order valence-electron chi connectivity index (χ4n) is 1.51. The molecule has 1 atom stereocenters. The summed E-state index contributed by atoms with van der Waals surface area (Å²) < 4.78 is 0. The van der Waals surface area contributed by atoms with Gasteiger partial charge in [-0.15, -0.1) is 0 Å². The Labute approximate surface area is 113 Å². The van der Waals surface area contributed by atoms with Crippen molar-refractivity contribution in [2.24, 2.45) is 5.73 Å². The van der Waals surface area contributed by atoms with Gasteiger partial charge in [-0.05, 0) is 31.0 Å². The minimum absolute atomic E-state index is 0.0650. The maximum absolute atomic E-state index is 11.6. The Morgan fingerprint density at radius 1 is 1.37 bits per heavy atom. The smallest absolute Gasteiger partial charge is 0.248 e. The Morgan fingerprint density at radius 2 is 2.11 bits per heavy atom. The number of benzene rings is 1. The van der Waals surface area contributed by atoms with Crippen molar-refractivity contribution < 1.29 is 9.59 Å². The Hall–Kier alpha value is -1.88. The summed E-state index contributed by atoms with van der Waals surface area (Å²) in [7, 11) is 0. The second kappa shape index (κ2) is 7.53. The van der Waals surface area contributed by atoms with Gasteiger partial charge in [-0.25, -0.2) is 0 Å². The van der Waals surface area contributed by atoms with E-state index in [1.807, 2.05) is 13.0 Å². The Balaban J connectivity index is 2.42. The van der Waals surface area contributed by atoms with Crippen molar-refractivity contribution in [3.63, 3.8) is 0 Å². The largest absolute Gasteiger partial charge is 0.366 e. The third-order valence-corrected chi connectivity index (χ3v) is 2.92. The fraction of sp³-hybridized carbons (Fsp3) is 0.429. The van der Waals surface area contributed by atoms with Crippen molar-refractivity contribution in [1.82, 2.24) is 10.6 Å². The quantitative estimate of drug-likeness (QED) is 0.680. The molecule has 0 aliphatic rings. The van der Waals surface area contributed by atoms with Gasteiger partial charge in [0.2, 0.25) is 11.8 Å². The molecule has 0 saturated carbocycles. The first kappa shape index (κ1) is 15.2. The number of amides is 2. The highest BCUT2D eigenvalue weighted by Gasteiger charge is 2.05. The third kappa shape index (κ3) is 5.52. The Kier molecular flexibility index (Phi) is 6.02. The molecule has 0 saturated heterocycles. The zero-order chi connectivity index (χ0) is 14.3. The summed E-state index contributed by atoms with van der Waals surface area (Å²) >= 11 is 0. The molecular weight excluding hydrogens is 242 g/mol. The van der Waals surface area contributed by atoms with Crippen LogP contribution in [0.3, 0.4) is 0 Å². The van der Waals surface area contributed by atoms with Crippen LogP contribution >= 0.6 is 0 Å². The number of rotatable bonds is 7. The van der Waals surface area contributed by atoms with Crippen LogP contribution in [0.2, 0.25) is 0 Å². The summed E-state index contributed by atoms with van der Waals surface area (Å²) in [6.45, 7) is 4.78. The molecule has 1 aromatic rings. The van der Waals surface area contributed by atoms with E-state index in [-0.39, 0.29) is 5.91 Å².